The second-order valence-electron chi connectivity index (χ2n) is 5.19. The fourth-order valence-electron chi connectivity index (χ4n) is 2.01. The van der Waals surface area contributed by atoms with Crippen molar-refractivity contribution >= 4 is 23.4 Å². The van der Waals surface area contributed by atoms with Crippen LogP contribution in [0.1, 0.15) is 26.9 Å². The first kappa shape index (κ1) is 18.9. The van der Waals surface area contributed by atoms with Gasteiger partial charge in [-0.3, -0.25) is 0 Å². The standard InChI is InChI=1S/C17H19NO6S/c1-23-16(21)14-7-12(10-25-14)15(20)13(19)8-18-17(22)24-9-11-5-3-2-4-6-11/h2-7,10,13,15,19-20H,8-9H2,1H3,(H,18,22). The number of aliphatic hydroxyl groups excluding tert-OH is 2. The van der Waals surface area contributed by atoms with Gasteiger partial charge in [-0.05, 0) is 22.6 Å². The Morgan fingerprint density at radius 3 is 2.64 bits per heavy atom. The van der Waals surface area contributed by atoms with Crippen LogP contribution < -0.4 is 5.32 Å². The van der Waals surface area contributed by atoms with Crippen LogP contribution in [-0.2, 0) is 16.1 Å². The molecular weight excluding hydrogens is 346 g/mol. The molecule has 1 aromatic carbocycles. The normalized spacial score (nSPS) is 12.9. The van der Waals surface area contributed by atoms with Gasteiger partial charge in [0.25, 0.3) is 0 Å². The molecule has 0 aliphatic heterocycles. The Balaban J connectivity index is 1.78. The molecule has 1 heterocycles. The quantitative estimate of drug-likeness (QED) is 0.647. The molecule has 25 heavy (non-hydrogen) atoms. The number of hydrogen-bond donors (Lipinski definition) is 3. The van der Waals surface area contributed by atoms with Gasteiger partial charge >= 0.3 is 12.1 Å². The van der Waals surface area contributed by atoms with Crippen LogP contribution in [0, 0.1) is 0 Å². The molecule has 0 aliphatic rings. The zero-order valence-electron chi connectivity index (χ0n) is 13.5. The molecule has 1 amide bonds. The van der Waals surface area contributed by atoms with Gasteiger partial charge in [0.15, 0.2) is 0 Å². The van der Waals surface area contributed by atoms with Crippen LogP contribution in [0.5, 0.6) is 0 Å². The molecule has 1 aromatic heterocycles. The average Bonchev–Trinajstić information content (AvgIpc) is 3.14. The van der Waals surface area contributed by atoms with E-state index in [0.717, 1.165) is 16.9 Å². The van der Waals surface area contributed by atoms with E-state index >= 15 is 0 Å². The van der Waals surface area contributed by atoms with Gasteiger partial charge in [-0.25, -0.2) is 9.59 Å². The summed E-state index contributed by atoms with van der Waals surface area (Å²) >= 11 is 1.10. The number of esters is 1. The number of nitrogens with one attached hydrogen (secondary N) is 1. The zero-order chi connectivity index (χ0) is 18.2. The Bertz CT molecular complexity index is 702. The molecule has 0 spiro atoms. The maximum Gasteiger partial charge on any atom is 0.407 e. The highest BCUT2D eigenvalue weighted by Gasteiger charge is 2.22. The molecule has 0 saturated carbocycles. The van der Waals surface area contributed by atoms with Crippen molar-refractivity contribution in [3.63, 3.8) is 0 Å². The predicted octanol–water partition coefficient (Wildman–Crippen LogP) is 1.86. The number of alkyl carbamates (subject to hydrolysis) is 1. The third kappa shape index (κ3) is 5.56. The summed E-state index contributed by atoms with van der Waals surface area (Å²) in [6, 6.07) is 10.6. The first-order chi connectivity index (χ1) is 12.0. The minimum atomic E-state index is -1.25. The van der Waals surface area contributed by atoms with Crippen molar-refractivity contribution in [3.8, 4) is 0 Å². The summed E-state index contributed by atoms with van der Waals surface area (Å²) in [5.41, 5.74) is 1.21. The van der Waals surface area contributed by atoms with Crippen molar-refractivity contribution in [1.29, 1.82) is 0 Å². The van der Waals surface area contributed by atoms with Gasteiger partial charge in [0.1, 0.15) is 23.7 Å². The molecule has 7 nitrogen and oxygen atoms in total. The lowest BCUT2D eigenvalue weighted by molar-refractivity contribution is 0.0186. The number of methoxy groups -OCH3 is 1. The molecule has 0 aliphatic carbocycles. The number of ether oxygens (including phenoxy) is 2. The number of amides is 1. The van der Waals surface area contributed by atoms with Crippen molar-refractivity contribution in [2.45, 2.75) is 18.8 Å². The molecule has 3 N–H and O–H groups in total. The summed E-state index contributed by atoms with van der Waals surface area (Å²) < 4.78 is 9.60. The van der Waals surface area contributed by atoms with Crippen LogP contribution in [-0.4, -0.2) is 42.0 Å². The van der Waals surface area contributed by atoms with Gasteiger partial charge in [0.2, 0.25) is 0 Å². The number of rotatable bonds is 7. The number of carbonyl (C=O) groups excluding carboxylic acids is 2. The van der Waals surface area contributed by atoms with E-state index in [4.69, 9.17) is 4.74 Å². The van der Waals surface area contributed by atoms with E-state index in [0.29, 0.717) is 10.4 Å². The molecule has 0 bridgehead atoms. The molecule has 0 radical (unpaired) electrons. The number of carbonyl (C=O) groups is 2. The minimum absolute atomic E-state index is 0.109. The van der Waals surface area contributed by atoms with E-state index < -0.39 is 24.3 Å². The lowest BCUT2D eigenvalue weighted by atomic mass is 10.1. The van der Waals surface area contributed by atoms with Crippen molar-refractivity contribution in [3.05, 3.63) is 57.8 Å². The van der Waals surface area contributed by atoms with Crippen LogP contribution >= 0.6 is 11.3 Å². The molecule has 0 saturated heterocycles. The summed E-state index contributed by atoms with van der Waals surface area (Å²) in [5.74, 6) is -0.513. The summed E-state index contributed by atoms with van der Waals surface area (Å²) in [6.07, 6.45) is -3.19. The summed E-state index contributed by atoms with van der Waals surface area (Å²) in [6.45, 7) is -0.0868. The molecule has 134 valence electrons. The van der Waals surface area contributed by atoms with E-state index in [1.54, 1.807) is 5.38 Å². The van der Waals surface area contributed by atoms with E-state index in [-0.39, 0.29) is 13.2 Å². The number of benzene rings is 1. The van der Waals surface area contributed by atoms with E-state index in [1.165, 1.54) is 13.2 Å². The van der Waals surface area contributed by atoms with Gasteiger partial charge in [0, 0.05) is 6.54 Å². The number of aliphatic hydroxyl groups is 2. The van der Waals surface area contributed by atoms with Crippen molar-refractivity contribution < 1.29 is 29.3 Å². The number of hydrogen-bond acceptors (Lipinski definition) is 7. The molecule has 2 rings (SSSR count). The first-order valence-corrected chi connectivity index (χ1v) is 8.36. The zero-order valence-corrected chi connectivity index (χ0v) is 14.4. The van der Waals surface area contributed by atoms with Crippen molar-refractivity contribution in [1.82, 2.24) is 5.32 Å². The first-order valence-electron chi connectivity index (χ1n) is 7.48. The Morgan fingerprint density at radius 1 is 1.24 bits per heavy atom. The second kappa shape index (κ2) is 9.16. The second-order valence-corrected chi connectivity index (χ2v) is 6.10. The maximum absolute atomic E-state index is 11.6. The molecule has 2 unspecified atom stereocenters. The van der Waals surface area contributed by atoms with Gasteiger partial charge in [-0.15, -0.1) is 11.3 Å². The highest BCUT2D eigenvalue weighted by atomic mass is 32.1. The molecular formula is C17H19NO6S. The largest absolute Gasteiger partial charge is 0.465 e. The molecule has 0 fully saturated rings. The maximum atomic E-state index is 11.6. The lowest BCUT2D eigenvalue weighted by Gasteiger charge is -2.17. The lowest BCUT2D eigenvalue weighted by Crippen LogP contribution is -2.35. The Labute approximate surface area is 148 Å². The van der Waals surface area contributed by atoms with Gasteiger partial charge in [-0.2, -0.15) is 0 Å². The average molecular weight is 365 g/mol. The SMILES string of the molecule is COC(=O)c1cc(C(O)C(O)CNC(=O)OCc2ccccc2)cs1. The fourth-order valence-corrected chi connectivity index (χ4v) is 2.86. The van der Waals surface area contributed by atoms with E-state index in [2.05, 4.69) is 10.1 Å². The Morgan fingerprint density at radius 2 is 1.96 bits per heavy atom. The molecule has 2 aromatic rings. The van der Waals surface area contributed by atoms with Crippen molar-refractivity contribution in [2.75, 3.05) is 13.7 Å². The van der Waals surface area contributed by atoms with Gasteiger partial charge in [0.05, 0.1) is 7.11 Å². The Kier molecular flexibility index (Phi) is 6.93. The molecule has 2 atom stereocenters. The highest BCUT2D eigenvalue weighted by Crippen LogP contribution is 2.23. The summed E-state index contributed by atoms with van der Waals surface area (Å²) in [4.78, 5) is 23.3. The van der Waals surface area contributed by atoms with Gasteiger partial charge < -0.3 is 25.0 Å². The topological polar surface area (TPSA) is 105 Å². The van der Waals surface area contributed by atoms with E-state index in [1.807, 2.05) is 30.3 Å². The minimum Gasteiger partial charge on any atom is -0.465 e. The summed E-state index contributed by atoms with van der Waals surface area (Å²) in [5, 5.41) is 24.0. The van der Waals surface area contributed by atoms with Crippen LogP contribution in [0.3, 0.4) is 0 Å². The van der Waals surface area contributed by atoms with E-state index in [9.17, 15) is 19.8 Å². The Hall–Kier alpha value is -2.42. The van der Waals surface area contributed by atoms with Crippen LogP contribution in [0.2, 0.25) is 0 Å². The van der Waals surface area contributed by atoms with Gasteiger partial charge in [-0.1, -0.05) is 30.3 Å². The third-order valence-electron chi connectivity index (χ3n) is 3.38. The molecule has 8 heteroatoms. The fraction of sp³-hybridized carbons (Fsp3) is 0.294. The monoisotopic (exact) mass is 365 g/mol. The highest BCUT2D eigenvalue weighted by molar-refractivity contribution is 7.12. The summed E-state index contributed by atoms with van der Waals surface area (Å²) in [7, 11) is 1.26. The van der Waals surface area contributed by atoms with Crippen LogP contribution in [0.15, 0.2) is 41.8 Å². The van der Waals surface area contributed by atoms with Crippen LogP contribution in [0.4, 0.5) is 4.79 Å². The number of thiophene rings is 1. The van der Waals surface area contributed by atoms with Crippen LogP contribution in [0.25, 0.3) is 0 Å². The predicted molar refractivity (Wildman–Crippen MR) is 91.3 cm³/mol. The van der Waals surface area contributed by atoms with Crippen molar-refractivity contribution in [2.24, 2.45) is 0 Å². The smallest absolute Gasteiger partial charge is 0.407 e. The third-order valence-corrected chi connectivity index (χ3v) is 4.31.